The summed E-state index contributed by atoms with van der Waals surface area (Å²) in [7, 11) is 0. The molecule has 19 heavy (non-hydrogen) atoms. The minimum absolute atomic E-state index is 0.149. The Balaban J connectivity index is 2.04. The van der Waals surface area contributed by atoms with E-state index in [1.54, 1.807) is 0 Å². The van der Waals surface area contributed by atoms with Gasteiger partial charge >= 0.3 is 0 Å². The van der Waals surface area contributed by atoms with Gasteiger partial charge < -0.3 is 25.3 Å². The molecule has 2 aromatic rings. The van der Waals surface area contributed by atoms with Gasteiger partial charge in [0.1, 0.15) is 30.1 Å². The van der Waals surface area contributed by atoms with Gasteiger partial charge in [-0.1, -0.05) is 6.92 Å². The number of rotatable bonds is 2. The molecule has 0 unspecified atom stereocenters. The fourth-order valence-electron chi connectivity index (χ4n) is 2.56. The number of fused-ring (bicyclic) bond motifs is 1. The smallest absolute Gasteiger partial charge is 0.147 e. The fraction of sp³-hybridized carbons (Fsp3) is 0.500. The van der Waals surface area contributed by atoms with E-state index >= 15 is 0 Å². The van der Waals surface area contributed by atoms with Crippen LogP contribution in [0.4, 0.5) is 5.82 Å². The predicted molar refractivity (Wildman–Crippen MR) is 68.1 cm³/mol. The average molecular weight is 264 g/mol. The summed E-state index contributed by atoms with van der Waals surface area (Å²) in [4.78, 5) is 8.14. The average Bonchev–Trinajstić information content (AvgIpc) is 2.94. The first kappa shape index (κ1) is 12.3. The largest absolute Gasteiger partial charge is 0.394 e. The number of anilines is 1. The van der Waals surface area contributed by atoms with Gasteiger partial charge in [0.25, 0.3) is 0 Å². The molecule has 2 aromatic heterocycles. The van der Waals surface area contributed by atoms with Crippen LogP contribution in [0, 0.1) is 5.92 Å². The van der Waals surface area contributed by atoms with Crippen molar-refractivity contribution in [2.75, 3.05) is 12.3 Å². The van der Waals surface area contributed by atoms with Crippen LogP contribution in [0.2, 0.25) is 0 Å². The Morgan fingerprint density at radius 2 is 2.26 bits per heavy atom. The number of nitrogens with two attached hydrogens (primary N) is 1. The quantitative estimate of drug-likeness (QED) is 0.699. The molecule has 4 atom stereocenters. The Bertz CT molecular complexity index is 600. The maximum absolute atomic E-state index is 10.00. The molecule has 0 aromatic carbocycles. The van der Waals surface area contributed by atoms with E-state index in [1.807, 2.05) is 23.8 Å². The van der Waals surface area contributed by atoms with E-state index < -0.39 is 12.2 Å². The first-order valence-electron chi connectivity index (χ1n) is 6.15. The molecular weight excluding hydrogens is 248 g/mol. The van der Waals surface area contributed by atoms with Gasteiger partial charge in [0, 0.05) is 12.1 Å². The van der Waals surface area contributed by atoms with Crippen molar-refractivity contribution in [3.8, 4) is 0 Å². The number of hydrogen-bond acceptors (Lipinski definition) is 6. The van der Waals surface area contributed by atoms with E-state index in [0.29, 0.717) is 11.5 Å². The highest BCUT2D eigenvalue weighted by Gasteiger charge is 2.41. The molecule has 0 aliphatic carbocycles. The van der Waals surface area contributed by atoms with Gasteiger partial charge in [0.15, 0.2) is 0 Å². The van der Waals surface area contributed by atoms with Gasteiger partial charge in [-0.25, -0.2) is 9.97 Å². The lowest BCUT2D eigenvalue weighted by Crippen LogP contribution is -2.28. The Morgan fingerprint density at radius 3 is 2.95 bits per heavy atom. The standard InChI is InChI=1S/C12H16N4O3/c1-6-9(18)8(4-17)19-12(6)16-3-2-7-10(13)14-5-15-11(7)16/h2-3,5-6,8-9,12,17-18H,4H2,1H3,(H2,13,14,15)/t6-,8+,9-,12+/m0/s1. The van der Waals surface area contributed by atoms with Crippen LogP contribution in [-0.4, -0.2) is 43.6 Å². The van der Waals surface area contributed by atoms with Crippen molar-refractivity contribution in [1.82, 2.24) is 14.5 Å². The minimum atomic E-state index is -0.702. The summed E-state index contributed by atoms with van der Waals surface area (Å²) < 4.78 is 7.51. The molecule has 1 saturated heterocycles. The van der Waals surface area contributed by atoms with Gasteiger partial charge in [-0.2, -0.15) is 0 Å². The van der Waals surface area contributed by atoms with E-state index in [0.717, 1.165) is 5.39 Å². The summed E-state index contributed by atoms with van der Waals surface area (Å²) in [5.74, 6) is 0.262. The van der Waals surface area contributed by atoms with Crippen molar-refractivity contribution >= 4 is 16.9 Å². The van der Waals surface area contributed by atoms with Crippen molar-refractivity contribution in [2.45, 2.75) is 25.4 Å². The molecule has 0 spiro atoms. The van der Waals surface area contributed by atoms with Gasteiger partial charge in [-0.3, -0.25) is 0 Å². The normalized spacial score (nSPS) is 31.1. The van der Waals surface area contributed by atoms with E-state index in [2.05, 4.69) is 9.97 Å². The molecule has 7 nitrogen and oxygen atoms in total. The monoisotopic (exact) mass is 264 g/mol. The molecule has 0 radical (unpaired) electrons. The van der Waals surface area contributed by atoms with E-state index in [-0.39, 0.29) is 18.8 Å². The lowest BCUT2D eigenvalue weighted by Gasteiger charge is -2.18. The van der Waals surface area contributed by atoms with Crippen molar-refractivity contribution < 1.29 is 14.9 Å². The Morgan fingerprint density at radius 1 is 1.47 bits per heavy atom. The third-order valence-electron chi connectivity index (χ3n) is 3.68. The molecule has 7 heteroatoms. The molecular formula is C12H16N4O3. The van der Waals surface area contributed by atoms with Crippen LogP contribution in [-0.2, 0) is 4.74 Å². The predicted octanol–water partition coefficient (Wildman–Crippen LogP) is -0.0998. The first-order valence-corrected chi connectivity index (χ1v) is 6.15. The molecule has 3 rings (SSSR count). The topological polar surface area (TPSA) is 106 Å². The number of ether oxygens (including phenoxy) is 1. The minimum Gasteiger partial charge on any atom is -0.394 e. The van der Waals surface area contributed by atoms with Crippen LogP contribution in [0.5, 0.6) is 0 Å². The number of aliphatic hydroxyl groups excluding tert-OH is 2. The van der Waals surface area contributed by atoms with Crippen LogP contribution in [0.1, 0.15) is 13.2 Å². The third-order valence-corrected chi connectivity index (χ3v) is 3.68. The van der Waals surface area contributed by atoms with Gasteiger partial charge in [-0.15, -0.1) is 0 Å². The molecule has 102 valence electrons. The van der Waals surface area contributed by atoms with Gasteiger partial charge in [-0.05, 0) is 6.07 Å². The molecule has 1 aliphatic rings. The zero-order valence-electron chi connectivity index (χ0n) is 10.5. The number of aliphatic hydroxyl groups is 2. The van der Waals surface area contributed by atoms with Crippen LogP contribution in [0.25, 0.3) is 11.0 Å². The van der Waals surface area contributed by atoms with E-state index in [1.165, 1.54) is 6.33 Å². The first-order chi connectivity index (χ1) is 9.13. The lowest BCUT2D eigenvalue weighted by atomic mass is 10.0. The van der Waals surface area contributed by atoms with Gasteiger partial charge in [0.2, 0.25) is 0 Å². The highest BCUT2D eigenvalue weighted by molar-refractivity contribution is 5.86. The maximum Gasteiger partial charge on any atom is 0.147 e. The number of aromatic nitrogens is 3. The highest BCUT2D eigenvalue weighted by Crippen LogP contribution is 2.36. The van der Waals surface area contributed by atoms with Crippen LogP contribution < -0.4 is 5.73 Å². The van der Waals surface area contributed by atoms with E-state index in [9.17, 15) is 10.2 Å². The van der Waals surface area contributed by atoms with Crippen molar-refractivity contribution in [1.29, 1.82) is 0 Å². The summed E-state index contributed by atoms with van der Waals surface area (Å²) >= 11 is 0. The van der Waals surface area contributed by atoms with Crippen LogP contribution in [0.3, 0.4) is 0 Å². The van der Waals surface area contributed by atoms with Crippen molar-refractivity contribution in [2.24, 2.45) is 5.92 Å². The zero-order valence-corrected chi connectivity index (χ0v) is 10.5. The third kappa shape index (κ3) is 1.78. The number of hydrogen-bond donors (Lipinski definition) is 3. The molecule has 0 amide bonds. The summed E-state index contributed by atoms with van der Waals surface area (Å²) in [5, 5.41) is 19.9. The molecule has 3 heterocycles. The molecule has 0 bridgehead atoms. The summed E-state index contributed by atoms with van der Waals surface area (Å²) in [6.07, 6.45) is 1.55. The number of nitrogen functional groups attached to an aromatic ring is 1. The number of nitrogens with zero attached hydrogens (tertiary/aromatic N) is 3. The Labute approximate surface area is 109 Å². The molecule has 1 fully saturated rings. The molecule has 1 aliphatic heterocycles. The van der Waals surface area contributed by atoms with E-state index in [4.69, 9.17) is 10.5 Å². The van der Waals surface area contributed by atoms with Crippen LogP contribution in [0.15, 0.2) is 18.6 Å². The van der Waals surface area contributed by atoms with Crippen molar-refractivity contribution in [3.63, 3.8) is 0 Å². The van der Waals surface area contributed by atoms with Gasteiger partial charge in [0.05, 0.1) is 18.1 Å². The fourth-order valence-corrected chi connectivity index (χ4v) is 2.56. The SMILES string of the molecule is C[C@H]1[C@H](O)[C@@H](CO)O[C@H]1n1ccc2c(N)ncnc21. The van der Waals surface area contributed by atoms with Crippen molar-refractivity contribution in [3.05, 3.63) is 18.6 Å². The molecule has 0 saturated carbocycles. The summed E-state index contributed by atoms with van der Waals surface area (Å²) in [5.41, 5.74) is 6.45. The maximum atomic E-state index is 10.00. The zero-order chi connectivity index (χ0) is 13.6. The van der Waals surface area contributed by atoms with Crippen LogP contribution >= 0.6 is 0 Å². The highest BCUT2D eigenvalue weighted by atomic mass is 16.5. The Hall–Kier alpha value is -1.70. The Kier molecular flexibility index (Phi) is 2.89. The summed E-state index contributed by atoms with van der Waals surface area (Å²) in [6.45, 7) is 1.67. The second-order valence-corrected chi connectivity index (χ2v) is 4.82. The second-order valence-electron chi connectivity index (χ2n) is 4.82. The second kappa shape index (κ2) is 4.44. The lowest BCUT2D eigenvalue weighted by molar-refractivity contribution is -0.0445. The molecule has 4 N–H and O–H groups in total. The summed E-state index contributed by atoms with van der Waals surface area (Å²) in [6, 6.07) is 1.82.